The first-order valence-electron chi connectivity index (χ1n) is 21.1. The average Bonchev–Trinajstić information content (AvgIpc) is 3.97. The third-order valence-electron chi connectivity index (χ3n) is 13.1. The van der Waals surface area contributed by atoms with Crippen LogP contribution in [-0.2, 0) is 6.42 Å². The van der Waals surface area contributed by atoms with Gasteiger partial charge in [0.1, 0.15) is 23.7 Å². The summed E-state index contributed by atoms with van der Waals surface area (Å²) in [6.45, 7) is 0. The number of anilines is 3. The Balaban J connectivity index is 1.08. The molecule has 2 unspecified atom stereocenters. The number of hydrogen-bond donors (Lipinski definition) is 0. The van der Waals surface area contributed by atoms with Crippen molar-refractivity contribution in [3.05, 3.63) is 190 Å². The zero-order valence-electron chi connectivity index (χ0n) is 33.0. The molecule has 2 atom stereocenters. The summed E-state index contributed by atoms with van der Waals surface area (Å²) in [6, 6.07) is 36.8. The molecular formula is C54H39N5O. The highest BCUT2D eigenvalue weighted by Gasteiger charge is 2.46. The van der Waals surface area contributed by atoms with Crippen molar-refractivity contribution >= 4 is 61.8 Å². The molecule has 7 aromatic rings. The molecule has 0 bridgehead atoms. The quantitative estimate of drug-likeness (QED) is 0.174. The Hall–Kier alpha value is -7.54. The van der Waals surface area contributed by atoms with Gasteiger partial charge in [0.15, 0.2) is 0 Å². The molecule has 0 spiro atoms. The van der Waals surface area contributed by atoms with Crippen LogP contribution in [0.2, 0.25) is 0 Å². The van der Waals surface area contributed by atoms with Crippen molar-refractivity contribution in [2.45, 2.75) is 50.5 Å². The van der Waals surface area contributed by atoms with E-state index in [0.29, 0.717) is 16.8 Å². The fourth-order valence-corrected chi connectivity index (χ4v) is 10.5. The summed E-state index contributed by atoms with van der Waals surface area (Å²) in [4.78, 5) is 4.76. The molecule has 6 nitrogen and oxygen atoms in total. The number of benzene rings is 5. The zero-order chi connectivity index (χ0) is 39.9. The number of fused-ring (bicyclic) bond motifs is 12. The second kappa shape index (κ2) is 13.5. The van der Waals surface area contributed by atoms with E-state index < -0.39 is 0 Å². The average molecular weight is 774 g/mol. The van der Waals surface area contributed by atoms with Gasteiger partial charge in [-0.2, -0.15) is 10.5 Å². The van der Waals surface area contributed by atoms with Gasteiger partial charge in [0, 0.05) is 57.0 Å². The Morgan fingerprint density at radius 3 is 2.37 bits per heavy atom. The SMILES string of the molecule is N#Cc1cc(-n2c3ccccc3c3c4ccccc4ccc32)c(C#N)cc1N1c2ccc(N(C3=CCCC=C3)C3=CC=CCC3)cc2C2C=Cc3oc4c(c3C21)C=CCC4. The maximum absolute atomic E-state index is 11.2. The van der Waals surface area contributed by atoms with E-state index in [-0.39, 0.29) is 12.0 Å². The molecule has 286 valence electrons. The molecule has 6 heteroatoms. The largest absolute Gasteiger partial charge is 0.461 e. The summed E-state index contributed by atoms with van der Waals surface area (Å²) in [5.41, 5.74) is 12.5. The Bertz CT molecular complexity index is 3270. The van der Waals surface area contributed by atoms with E-state index in [0.717, 1.165) is 111 Å². The maximum atomic E-state index is 11.2. The summed E-state index contributed by atoms with van der Waals surface area (Å²) in [7, 11) is 0. The van der Waals surface area contributed by atoms with Crippen molar-refractivity contribution in [1.82, 2.24) is 4.57 Å². The lowest BCUT2D eigenvalue weighted by Crippen LogP contribution is -2.25. The minimum absolute atomic E-state index is 0.0233. The molecule has 1 aliphatic heterocycles. The van der Waals surface area contributed by atoms with Crippen LogP contribution in [0.1, 0.15) is 83.4 Å². The van der Waals surface area contributed by atoms with Crippen molar-refractivity contribution in [3.8, 4) is 17.8 Å². The van der Waals surface area contributed by atoms with Crippen LogP contribution in [0.5, 0.6) is 0 Å². The predicted molar refractivity (Wildman–Crippen MR) is 242 cm³/mol. The summed E-state index contributed by atoms with van der Waals surface area (Å²) in [6.07, 6.45) is 28.3. The highest BCUT2D eigenvalue weighted by atomic mass is 16.3. The Morgan fingerprint density at radius 1 is 0.700 bits per heavy atom. The third-order valence-corrected chi connectivity index (χ3v) is 13.1. The number of aryl methyl sites for hydroxylation is 1. The summed E-state index contributed by atoms with van der Waals surface area (Å²) < 4.78 is 8.77. The number of hydrogen-bond acceptors (Lipinski definition) is 5. The Morgan fingerprint density at radius 2 is 1.52 bits per heavy atom. The molecular weight excluding hydrogens is 735 g/mol. The molecule has 2 aromatic heterocycles. The monoisotopic (exact) mass is 773 g/mol. The number of allylic oxidation sites excluding steroid dienone is 8. The van der Waals surface area contributed by atoms with Gasteiger partial charge in [0.2, 0.25) is 0 Å². The van der Waals surface area contributed by atoms with Crippen LogP contribution in [0.4, 0.5) is 17.1 Å². The van der Waals surface area contributed by atoms with Crippen molar-refractivity contribution < 1.29 is 4.42 Å². The normalized spacial score (nSPS) is 18.5. The maximum Gasteiger partial charge on any atom is 0.132 e. The van der Waals surface area contributed by atoms with Crippen molar-refractivity contribution in [2.75, 3.05) is 9.80 Å². The van der Waals surface area contributed by atoms with Crippen molar-refractivity contribution in [1.29, 1.82) is 10.5 Å². The molecule has 0 N–H and O–H groups in total. The zero-order valence-corrected chi connectivity index (χ0v) is 33.0. The Labute approximate surface area is 348 Å². The van der Waals surface area contributed by atoms with E-state index in [2.05, 4.69) is 160 Å². The minimum Gasteiger partial charge on any atom is -0.461 e. The van der Waals surface area contributed by atoms with Crippen LogP contribution in [0.3, 0.4) is 0 Å². The van der Waals surface area contributed by atoms with Crippen LogP contribution in [0.15, 0.2) is 155 Å². The highest BCUT2D eigenvalue weighted by molar-refractivity contribution is 6.21. The van der Waals surface area contributed by atoms with Gasteiger partial charge in [-0.1, -0.05) is 91.1 Å². The van der Waals surface area contributed by atoms with Gasteiger partial charge in [-0.15, -0.1) is 0 Å². The fraction of sp³-hybridized carbons (Fsp3) is 0.148. The van der Waals surface area contributed by atoms with Gasteiger partial charge in [0.25, 0.3) is 0 Å². The first kappa shape index (κ1) is 34.5. The van der Waals surface area contributed by atoms with E-state index in [1.54, 1.807) is 0 Å². The van der Waals surface area contributed by atoms with Crippen LogP contribution in [-0.4, -0.2) is 4.57 Å². The number of nitrogens with zero attached hydrogens (tertiary/aromatic N) is 5. The number of aromatic nitrogens is 1. The second-order valence-electron chi connectivity index (χ2n) is 16.3. The number of nitriles is 2. The summed E-state index contributed by atoms with van der Waals surface area (Å²) >= 11 is 0. The lowest BCUT2D eigenvalue weighted by molar-refractivity contribution is 0.491. The van der Waals surface area contributed by atoms with Gasteiger partial charge in [-0.05, 0) is 109 Å². The second-order valence-corrected chi connectivity index (χ2v) is 16.3. The number of rotatable bonds is 5. The molecule has 0 saturated heterocycles. The van der Waals surface area contributed by atoms with E-state index in [1.165, 1.54) is 17.0 Å². The van der Waals surface area contributed by atoms with Crippen LogP contribution in [0.25, 0.3) is 50.4 Å². The van der Waals surface area contributed by atoms with Gasteiger partial charge >= 0.3 is 0 Å². The van der Waals surface area contributed by atoms with E-state index in [4.69, 9.17) is 4.42 Å². The summed E-state index contributed by atoms with van der Waals surface area (Å²) in [5, 5.41) is 26.8. The lowest BCUT2D eigenvalue weighted by Gasteiger charge is -2.33. The number of para-hydroxylation sites is 1. The van der Waals surface area contributed by atoms with Gasteiger partial charge in [-0.3, -0.25) is 0 Å². The van der Waals surface area contributed by atoms with E-state index in [9.17, 15) is 10.5 Å². The van der Waals surface area contributed by atoms with Gasteiger partial charge in [0.05, 0.1) is 39.6 Å². The lowest BCUT2D eigenvalue weighted by atomic mass is 9.83. The molecule has 3 heterocycles. The first-order chi connectivity index (χ1) is 29.7. The molecule has 60 heavy (non-hydrogen) atoms. The highest BCUT2D eigenvalue weighted by Crippen LogP contribution is 2.59. The molecule has 5 aliphatic rings. The molecule has 5 aromatic carbocycles. The molecule has 4 aliphatic carbocycles. The minimum atomic E-state index is -0.186. The smallest absolute Gasteiger partial charge is 0.132 e. The first-order valence-corrected chi connectivity index (χ1v) is 21.1. The van der Waals surface area contributed by atoms with Crippen LogP contribution < -0.4 is 9.80 Å². The Kier molecular flexibility index (Phi) is 7.77. The predicted octanol–water partition coefficient (Wildman–Crippen LogP) is 13.5. The standard InChI is InChI=1S/C54H39N5O/c55-32-35-30-49(36(33-56)29-48(35)58-45-21-11-9-19-42(45)52-40-18-8-7-13-34(40)23-26-47(52)58)59-46-27-24-39(57(37-14-3-1-4-15-37)38-16-5-2-6-17-38)31-44(46)41-25-28-51-53(54(41)59)43-20-10-12-22-50(43)60-51/h1,3,5,7-11,13-14,16-21,23-31,41,54H,2,4,6,12,15,22H2. The molecule has 0 radical (unpaired) electrons. The molecule has 0 saturated carbocycles. The number of furan rings is 1. The van der Waals surface area contributed by atoms with Crippen LogP contribution in [0, 0.1) is 22.7 Å². The topological polar surface area (TPSA) is 72.1 Å². The summed E-state index contributed by atoms with van der Waals surface area (Å²) in [5.74, 6) is 1.86. The van der Waals surface area contributed by atoms with Crippen molar-refractivity contribution in [3.63, 3.8) is 0 Å². The third kappa shape index (κ3) is 5.04. The fourth-order valence-electron chi connectivity index (χ4n) is 10.5. The van der Waals surface area contributed by atoms with Gasteiger partial charge < -0.3 is 18.8 Å². The molecule has 0 amide bonds. The molecule has 0 fully saturated rings. The van der Waals surface area contributed by atoms with E-state index >= 15 is 0 Å². The molecule has 12 rings (SSSR count). The van der Waals surface area contributed by atoms with Gasteiger partial charge in [-0.25, -0.2) is 0 Å². The van der Waals surface area contributed by atoms with Crippen molar-refractivity contribution in [2.24, 2.45) is 0 Å². The van der Waals surface area contributed by atoms with E-state index in [1.807, 2.05) is 18.2 Å². The van der Waals surface area contributed by atoms with Crippen LogP contribution >= 0.6 is 0 Å².